The summed E-state index contributed by atoms with van der Waals surface area (Å²) in [4.78, 5) is 2.50. The number of hydrogen-bond acceptors (Lipinski definition) is 2. The van der Waals surface area contributed by atoms with E-state index in [-0.39, 0.29) is 5.41 Å². The molecule has 1 nitrogen and oxygen atoms in total. The van der Waals surface area contributed by atoms with Crippen LogP contribution in [0, 0.1) is 0 Å². The van der Waals surface area contributed by atoms with E-state index in [2.05, 4.69) is 195 Å². The Morgan fingerprint density at radius 1 is 0.431 bits per heavy atom. The monoisotopic (exact) mass is 669 g/mol. The summed E-state index contributed by atoms with van der Waals surface area (Å²) in [5.41, 5.74) is 13.6. The Hall–Kier alpha value is -5.96. The smallest absolute Gasteiger partial charge is 0.0543 e. The Balaban J connectivity index is 1.20. The molecule has 1 aromatic heterocycles. The third kappa shape index (κ3) is 4.67. The second-order valence-electron chi connectivity index (χ2n) is 14.1. The van der Waals surface area contributed by atoms with Gasteiger partial charge in [-0.25, -0.2) is 0 Å². The minimum Gasteiger partial charge on any atom is -0.309 e. The first-order valence-corrected chi connectivity index (χ1v) is 18.5. The van der Waals surface area contributed by atoms with Crippen molar-refractivity contribution in [2.75, 3.05) is 4.90 Å². The van der Waals surface area contributed by atoms with E-state index in [0.29, 0.717) is 0 Å². The van der Waals surface area contributed by atoms with Crippen molar-refractivity contribution < 1.29 is 0 Å². The van der Waals surface area contributed by atoms with E-state index in [9.17, 15) is 0 Å². The summed E-state index contributed by atoms with van der Waals surface area (Å²) in [6.07, 6.45) is 0. The van der Waals surface area contributed by atoms with Gasteiger partial charge in [-0.05, 0) is 86.6 Å². The van der Waals surface area contributed by atoms with Crippen molar-refractivity contribution in [2.24, 2.45) is 0 Å². The van der Waals surface area contributed by atoms with Gasteiger partial charge >= 0.3 is 0 Å². The fraction of sp³-hybridized carbons (Fsp3) is 0.0612. The zero-order valence-electron chi connectivity index (χ0n) is 28.6. The van der Waals surface area contributed by atoms with E-state index >= 15 is 0 Å². The number of benzene rings is 8. The molecular formula is C49H35NS. The Morgan fingerprint density at radius 2 is 1.04 bits per heavy atom. The molecule has 1 heterocycles. The standard InChI is InChI=1S/C49H35NS/c1-49(2)42-20-8-5-18-40(42)48-43(49)21-12-23-45(48)50(35-28-25-33(26-29-35)37-19-11-14-32-13-3-4-15-36(32)37)44-22-9-6-16-38(44)34-27-30-47-41(31-34)39-17-7-10-24-46(39)51-47/h3-31H,1-2H3. The summed E-state index contributed by atoms with van der Waals surface area (Å²) >= 11 is 1.87. The second-order valence-corrected chi connectivity index (χ2v) is 15.2. The highest BCUT2D eigenvalue weighted by Crippen LogP contribution is 2.55. The highest BCUT2D eigenvalue weighted by molar-refractivity contribution is 7.25. The molecule has 0 bridgehead atoms. The molecule has 0 fully saturated rings. The Morgan fingerprint density at radius 3 is 1.92 bits per heavy atom. The number of anilines is 3. The third-order valence-corrected chi connectivity index (χ3v) is 12.0. The molecule has 8 aromatic carbocycles. The molecule has 1 aliphatic carbocycles. The first-order valence-electron chi connectivity index (χ1n) is 17.7. The summed E-state index contributed by atoms with van der Waals surface area (Å²) < 4.78 is 2.64. The van der Waals surface area contributed by atoms with Crippen LogP contribution in [0.3, 0.4) is 0 Å². The van der Waals surface area contributed by atoms with Crippen LogP contribution in [0.5, 0.6) is 0 Å². The number of para-hydroxylation sites is 1. The number of thiophene rings is 1. The van der Waals surface area contributed by atoms with E-state index in [0.717, 1.165) is 11.4 Å². The van der Waals surface area contributed by atoms with Gasteiger partial charge in [0.05, 0.1) is 11.4 Å². The molecule has 2 heteroatoms. The molecule has 0 unspecified atom stereocenters. The molecule has 242 valence electrons. The van der Waals surface area contributed by atoms with Crippen LogP contribution in [0.1, 0.15) is 25.0 Å². The van der Waals surface area contributed by atoms with Crippen LogP contribution < -0.4 is 4.90 Å². The largest absolute Gasteiger partial charge is 0.309 e. The molecule has 9 aromatic rings. The van der Waals surface area contributed by atoms with Crippen LogP contribution in [0.25, 0.3) is 64.3 Å². The van der Waals surface area contributed by atoms with Crippen LogP contribution >= 0.6 is 11.3 Å². The van der Waals surface area contributed by atoms with Crippen LogP contribution in [-0.2, 0) is 5.41 Å². The lowest BCUT2D eigenvalue weighted by molar-refractivity contribution is 0.660. The van der Waals surface area contributed by atoms with Crippen molar-refractivity contribution in [3.05, 3.63) is 187 Å². The molecule has 10 rings (SSSR count). The van der Waals surface area contributed by atoms with Crippen molar-refractivity contribution in [3.8, 4) is 33.4 Å². The number of rotatable bonds is 5. The van der Waals surface area contributed by atoms with Crippen molar-refractivity contribution >= 4 is 59.3 Å². The summed E-state index contributed by atoms with van der Waals surface area (Å²) in [7, 11) is 0. The molecular weight excluding hydrogens is 635 g/mol. The van der Waals surface area contributed by atoms with Gasteiger partial charge in [0.1, 0.15) is 0 Å². The Bertz CT molecular complexity index is 2780. The maximum atomic E-state index is 2.50. The van der Waals surface area contributed by atoms with Gasteiger partial charge in [0, 0.05) is 42.4 Å². The van der Waals surface area contributed by atoms with Crippen molar-refractivity contribution in [3.63, 3.8) is 0 Å². The van der Waals surface area contributed by atoms with Gasteiger partial charge in [-0.3, -0.25) is 0 Å². The molecule has 0 amide bonds. The number of hydrogen-bond donors (Lipinski definition) is 0. The number of nitrogens with zero attached hydrogens (tertiary/aromatic N) is 1. The van der Waals surface area contributed by atoms with Gasteiger partial charge in [-0.1, -0.05) is 147 Å². The zero-order chi connectivity index (χ0) is 34.1. The van der Waals surface area contributed by atoms with Gasteiger partial charge in [0.2, 0.25) is 0 Å². The summed E-state index contributed by atoms with van der Waals surface area (Å²) in [6.45, 7) is 4.72. The minimum absolute atomic E-state index is 0.101. The summed E-state index contributed by atoms with van der Waals surface area (Å²) in [5.74, 6) is 0. The van der Waals surface area contributed by atoms with Crippen molar-refractivity contribution in [1.29, 1.82) is 0 Å². The predicted molar refractivity (Wildman–Crippen MR) is 220 cm³/mol. The lowest BCUT2D eigenvalue weighted by atomic mass is 9.82. The van der Waals surface area contributed by atoms with Crippen LogP contribution in [0.2, 0.25) is 0 Å². The van der Waals surface area contributed by atoms with Crippen LogP contribution in [-0.4, -0.2) is 0 Å². The van der Waals surface area contributed by atoms with E-state index < -0.39 is 0 Å². The molecule has 0 atom stereocenters. The third-order valence-electron chi connectivity index (χ3n) is 10.9. The summed E-state index contributed by atoms with van der Waals surface area (Å²) in [6, 6.07) is 64.9. The van der Waals surface area contributed by atoms with E-state index in [1.165, 1.54) is 81.1 Å². The number of fused-ring (bicyclic) bond motifs is 7. The lowest BCUT2D eigenvalue weighted by Crippen LogP contribution is -2.16. The highest BCUT2D eigenvalue weighted by Gasteiger charge is 2.37. The SMILES string of the molecule is CC1(C)c2ccccc2-c2c(N(c3ccc(-c4cccc5ccccc45)cc3)c3ccccc3-c3ccc4sc5ccccc5c4c3)cccc21. The normalized spacial score (nSPS) is 13.1. The topological polar surface area (TPSA) is 3.24 Å². The fourth-order valence-corrected chi connectivity index (χ4v) is 9.49. The minimum atomic E-state index is -0.101. The first kappa shape index (κ1) is 29.9. The van der Waals surface area contributed by atoms with E-state index in [1.54, 1.807) is 0 Å². The Kier molecular flexibility index (Phi) is 6.78. The molecule has 51 heavy (non-hydrogen) atoms. The Labute approximate surface area is 302 Å². The second kappa shape index (κ2) is 11.6. The predicted octanol–water partition coefficient (Wildman–Crippen LogP) is 14.3. The molecule has 0 saturated carbocycles. The molecule has 0 spiro atoms. The molecule has 0 N–H and O–H groups in total. The maximum Gasteiger partial charge on any atom is 0.0543 e. The van der Waals surface area contributed by atoms with Gasteiger partial charge in [-0.2, -0.15) is 0 Å². The molecule has 0 radical (unpaired) electrons. The molecule has 1 aliphatic rings. The average Bonchev–Trinajstić information content (AvgIpc) is 3.67. The van der Waals surface area contributed by atoms with Crippen LogP contribution in [0.4, 0.5) is 17.1 Å². The van der Waals surface area contributed by atoms with Gasteiger partial charge in [0.15, 0.2) is 0 Å². The average molecular weight is 670 g/mol. The maximum absolute atomic E-state index is 2.50. The zero-order valence-corrected chi connectivity index (χ0v) is 29.4. The highest BCUT2D eigenvalue weighted by atomic mass is 32.1. The van der Waals surface area contributed by atoms with Gasteiger partial charge in [-0.15, -0.1) is 11.3 Å². The lowest BCUT2D eigenvalue weighted by Gasteiger charge is -2.30. The van der Waals surface area contributed by atoms with Crippen LogP contribution in [0.15, 0.2) is 176 Å². The van der Waals surface area contributed by atoms with Gasteiger partial charge in [0.25, 0.3) is 0 Å². The van der Waals surface area contributed by atoms with Crippen molar-refractivity contribution in [1.82, 2.24) is 0 Å². The molecule has 0 saturated heterocycles. The first-order chi connectivity index (χ1) is 25.1. The van der Waals surface area contributed by atoms with E-state index in [4.69, 9.17) is 0 Å². The van der Waals surface area contributed by atoms with E-state index in [1.807, 2.05) is 11.3 Å². The molecule has 0 aliphatic heterocycles. The van der Waals surface area contributed by atoms with Crippen molar-refractivity contribution in [2.45, 2.75) is 19.3 Å². The summed E-state index contributed by atoms with van der Waals surface area (Å²) in [5, 5.41) is 5.15. The fourth-order valence-electron chi connectivity index (χ4n) is 8.40. The van der Waals surface area contributed by atoms with Gasteiger partial charge < -0.3 is 4.90 Å². The quantitative estimate of drug-likeness (QED) is 0.176.